The lowest BCUT2D eigenvalue weighted by atomic mass is 9.91. The Labute approximate surface area is 133 Å². The summed E-state index contributed by atoms with van der Waals surface area (Å²) in [5.74, 6) is -0.457. The van der Waals surface area contributed by atoms with Crippen LogP contribution in [-0.4, -0.2) is 46.3 Å². The van der Waals surface area contributed by atoms with Crippen molar-refractivity contribution in [1.29, 1.82) is 0 Å². The van der Waals surface area contributed by atoms with Crippen LogP contribution in [0.3, 0.4) is 0 Å². The molecular weight excluding hydrogens is 323 g/mol. The number of rotatable bonds is 3. The van der Waals surface area contributed by atoms with E-state index in [1.807, 2.05) is 0 Å². The van der Waals surface area contributed by atoms with Gasteiger partial charge in [0.25, 0.3) is 0 Å². The van der Waals surface area contributed by atoms with E-state index in [9.17, 15) is 17.9 Å². The molecule has 1 unspecified atom stereocenters. The number of aryl methyl sites for hydroxylation is 1. The molecule has 3 rings (SSSR count). The first-order valence-corrected chi connectivity index (χ1v) is 8.62. The van der Waals surface area contributed by atoms with Crippen LogP contribution >= 0.6 is 0 Å². The van der Waals surface area contributed by atoms with Crippen molar-refractivity contribution in [3.8, 4) is 0 Å². The van der Waals surface area contributed by atoms with Gasteiger partial charge in [-0.2, -0.15) is 19.7 Å². The van der Waals surface area contributed by atoms with Crippen molar-refractivity contribution in [3.05, 3.63) is 41.5 Å². The van der Waals surface area contributed by atoms with E-state index in [-0.39, 0.29) is 17.0 Å². The second kappa shape index (κ2) is 5.66. The van der Waals surface area contributed by atoms with E-state index in [4.69, 9.17) is 0 Å². The van der Waals surface area contributed by atoms with E-state index in [1.165, 1.54) is 29.6 Å². The third-order valence-electron chi connectivity index (χ3n) is 4.09. The van der Waals surface area contributed by atoms with Crippen LogP contribution < -0.4 is 0 Å². The predicted octanol–water partition coefficient (Wildman–Crippen LogP) is 0.925. The molecule has 0 aliphatic carbocycles. The summed E-state index contributed by atoms with van der Waals surface area (Å²) in [7, 11) is -3.82. The van der Waals surface area contributed by atoms with E-state index in [1.54, 1.807) is 0 Å². The number of β-amino-alcohol motifs (C(OH)–C–C–N with tert-alkyl or cyclic N) is 1. The summed E-state index contributed by atoms with van der Waals surface area (Å²) in [6.07, 6.45) is 2.27. The molecule has 0 amide bonds. The average Bonchev–Trinajstić information content (AvgIpc) is 3.05. The number of nitrogens with zero attached hydrogens (tertiary/aromatic N) is 3. The zero-order valence-electron chi connectivity index (χ0n) is 12.5. The Kier molecular flexibility index (Phi) is 3.95. The fourth-order valence-electron chi connectivity index (χ4n) is 2.76. The number of hydrogen-bond donors (Lipinski definition) is 2. The lowest BCUT2D eigenvalue weighted by Crippen LogP contribution is -2.48. The Morgan fingerprint density at radius 3 is 2.87 bits per heavy atom. The largest absolute Gasteiger partial charge is 0.382 e. The summed E-state index contributed by atoms with van der Waals surface area (Å²) in [4.78, 5) is 0.0146. The Bertz CT molecular complexity index is 809. The number of piperidine rings is 1. The molecule has 1 atom stereocenters. The maximum Gasteiger partial charge on any atom is 0.243 e. The maximum absolute atomic E-state index is 13.4. The third kappa shape index (κ3) is 2.87. The molecule has 1 aliphatic heterocycles. The number of benzene rings is 1. The van der Waals surface area contributed by atoms with Crippen LogP contribution in [0.25, 0.3) is 0 Å². The van der Waals surface area contributed by atoms with Crippen molar-refractivity contribution in [3.63, 3.8) is 0 Å². The number of sulfonamides is 1. The summed E-state index contributed by atoms with van der Waals surface area (Å²) >= 11 is 0. The summed E-state index contributed by atoms with van der Waals surface area (Å²) in [6, 6.07) is 3.67. The van der Waals surface area contributed by atoms with Gasteiger partial charge < -0.3 is 5.11 Å². The molecule has 1 aliphatic rings. The molecule has 2 N–H and O–H groups in total. The lowest BCUT2D eigenvalue weighted by molar-refractivity contribution is -0.0161. The molecule has 124 valence electrons. The third-order valence-corrected chi connectivity index (χ3v) is 5.94. The minimum absolute atomic E-state index is 0.0146. The van der Waals surface area contributed by atoms with Crippen LogP contribution in [-0.2, 0) is 15.6 Å². The molecule has 1 aromatic carbocycles. The number of hydrogen-bond acceptors (Lipinski definition) is 5. The van der Waals surface area contributed by atoms with E-state index < -0.39 is 21.4 Å². The molecule has 7 nitrogen and oxygen atoms in total. The number of nitrogens with one attached hydrogen (secondary N) is 1. The van der Waals surface area contributed by atoms with Gasteiger partial charge in [0.2, 0.25) is 10.0 Å². The number of aromatic nitrogens is 3. The highest BCUT2D eigenvalue weighted by atomic mass is 32.2. The minimum atomic E-state index is -3.82. The van der Waals surface area contributed by atoms with Gasteiger partial charge in [-0.15, -0.1) is 0 Å². The van der Waals surface area contributed by atoms with Gasteiger partial charge in [0.1, 0.15) is 17.1 Å². The molecule has 9 heteroatoms. The van der Waals surface area contributed by atoms with Gasteiger partial charge >= 0.3 is 0 Å². The van der Waals surface area contributed by atoms with Gasteiger partial charge in [-0.25, -0.2) is 12.8 Å². The van der Waals surface area contributed by atoms with Gasteiger partial charge in [0.15, 0.2) is 0 Å². The average molecular weight is 340 g/mol. The zero-order valence-corrected chi connectivity index (χ0v) is 13.3. The summed E-state index contributed by atoms with van der Waals surface area (Å²) < 4.78 is 40.1. The molecular formula is C14H17FN4O3S. The second-order valence-electron chi connectivity index (χ2n) is 5.74. The van der Waals surface area contributed by atoms with Crippen molar-refractivity contribution in [1.82, 2.24) is 19.7 Å². The maximum atomic E-state index is 13.4. The van der Waals surface area contributed by atoms with Crippen molar-refractivity contribution < 1.29 is 17.9 Å². The number of aliphatic hydroxyl groups is 1. The van der Waals surface area contributed by atoms with Crippen molar-refractivity contribution in [2.75, 3.05) is 13.1 Å². The summed E-state index contributed by atoms with van der Waals surface area (Å²) in [6.45, 7) is 1.69. The molecule has 0 saturated carbocycles. The molecule has 0 spiro atoms. The quantitative estimate of drug-likeness (QED) is 0.866. The first-order valence-electron chi connectivity index (χ1n) is 7.18. The number of aromatic amines is 1. The van der Waals surface area contributed by atoms with Crippen LogP contribution in [0.2, 0.25) is 0 Å². The number of H-pyrrole nitrogens is 1. The first-order chi connectivity index (χ1) is 10.8. The smallest absolute Gasteiger partial charge is 0.243 e. The molecule has 2 aromatic rings. The van der Waals surface area contributed by atoms with Gasteiger partial charge in [-0.3, -0.25) is 0 Å². The van der Waals surface area contributed by atoms with Crippen LogP contribution in [0.1, 0.15) is 24.1 Å². The first kappa shape index (κ1) is 16.0. The molecule has 1 saturated heterocycles. The van der Waals surface area contributed by atoms with Crippen LogP contribution in [0.15, 0.2) is 29.3 Å². The topological polar surface area (TPSA) is 99.2 Å². The van der Waals surface area contributed by atoms with Crippen LogP contribution in [0, 0.1) is 12.7 Å². The minimum Gasteiger partial charge on any atom is -0.382 e. The highest BCUT2D eigenvalue weighted by Gasteiger charge is 2.41. The van der Waals surface area contributed by atoms with E-state index in [0.717, 1.165) is 6.07 Å². The standard InChI is InChI=1S/C14H17FN4O3S/c1-10-7-11(3-4-12(10)15)23(21,22)19-6-2-5-14(20,9-19)13-8-16-18-17-13/h3-4,7-8,20H,2,5-6,9H2,1H3,(H,16,17,18). The Balaban J connectivity index is 1.92. The molecule has 1 aromatic heterocycles. The molecule has 1 fully saturated rings. The fourth-order valence-corrected chi connectivity index (χ4v) is 4.38. The number of halogens is 1. The van der Waals surface area contributed by atoms with Crippen LogP contribution in [0.5, 0.6) is 0 Å². The Hall–Kier alpha value is -1.84. The van der Waals surface area contributed by atoms with Crippen molar-refractivity contribution >= 4 is 10.0 Å². The fraction of sp³-hybridized carbons (Fsp3) is 0.429. The second-order valence-corrected chi connectivity index (χ2v) is 7.68. The lowest BCUT2D eigenvalue weighted by Gasteiger charge is -2.37. The van der Waals surface area contributed by atoms with Gasteiger partial charge in [0.05, 0.1) is 11.1 Å². The highest BCUT2D eigenvalue weighted by molar-refractivity contribution is 7.89. The Morgan fingerprint density at radius 1 is 1.43 bits per heavy atom. The Morgan fingerprint density at radius 2 is 2.22 bits per heavy atom. The van der Waals surface area contributed by atoms with Gasteiger partial charge in [-0.05, 0) is 43.5 Å². The predicted molar refractivity (Wildman–Crippen MR) is 79.4 cm³/mol. The monoisotopic (exact) mass is 340 g/mol. The van der Waals surface area contributed by atoms with E-state index in [0.29, 0.717) is 25.1 Å². The zero-order chi connectivity index (χ0) is 16.7. The SMILES string of the molecule is Cc1cc(S(=O)(=O)N2CCCC(O)(c3cn[nH]n3)C2)ccc1F. The molecule has 0 radical (unpaired) electrons. The molecule has 0 bridgehead atoms. The normalized spacial score (nSPS) is 23.1. The van der Waals surface area contributed by atoms with Gasteiger partial charge in [0, 0.05) is 13.1 Å². The van der Waals surface area contributed by atoms with Gasteiger partial charge in [-0.1, -0.05) is 0 Å². The van der Waals surface area contributed by atoms with Crippen LogP contribution in [0.4, 0.5) is 4.39 Å². The van der Waals surface area contributed by atoms with E-state index in [2.05, 4.69) is 15.4 Å². The van der Waals surface area contributed by atoms with E-state index >= 15 is 0 Å². The van der Waals surface area contributed by atoms with Crippen molar-refractivity contribution in [2.24, 2.45) is 0 Å². The molecule has 23 heavy (non-hydrogen) atoms. The summed E-state index contributed by atoms with van der Waals surface area (Å²) in [5.41, 5.74) is -0.810. The molecule has 2 heterocycles. The highest BCUT2D eigenvalue weighted by Crippen LogP contribution is 2.32. The van der Waals surface area contributed by atoms with Crippen molar-refractivity contribution in [2.45, 2.75) is 30.3 Å². The summed E-state index contributed by atoms with van der Waals surface area (Å²) in [5, 5.41) is 20.7.